The van der Waals surface area contributed by atoms with Gasteiger partial charge in [-0.05, 0) is 50.5 Å². The summed E-state index contributed by atoms with van der Waals surface area (Å²) in [5, 5.41) is 4.81. The molecule has 0 spiro atoms. The molecule has 0 aliphatic rings. The maximum Gasteiger partial charge on any atom is 0.163 e. The lowest BCUT2D eigenvalue weighted by Crippen LogP contribution is -2.05. The third-order valence-corrected chi connectivity index (χ3v) is 4.56. The Morgan fingerprint density at radius 2 is 1.62 bits per heavy atom. The van der Waals surface area contributed by atoms with Gasteiger partial charge in [0.2, 0.25) is 0 Å². The largest absolute Gasteiger partial charge is 0.212 e. The van der Waals surface area contributed by atoms with Crippen molar-refractivity contribution in [3.8, 4) is 17.1 Å². The minimum atomic E-state index is 0.889. The second kappa shape index (κ2) is 6.89. The van der Waals surface area contributed by atoms with Gasteiger partial charge in [-0.1, -0.05) is 52.7 Å². The monoisotopic (exact) mass is 383 g/mol. The first kappa shape index (κ1) is 16.9. The van der Waals surface area contributed by atoms with Crippen molar-refractivity contribution in [3.05, 3.63) is 63.4 Å². The number of benzene rings is 2. The Morgan fingerprint density at radius 3 is 2.21 bits per heavy atom. The highest BCUT2D eigenvalue weighted by atomic mass is 79.9. The first-order valence-corrected chi connectivity index (χ1v) is 9.09. The Hall–Kier alpha value is -1.94. The molecule has 3 rings (SSSR count). The van der Waals surface area contributed by atoms with Gasteiger partial charge in [-0.2, -0.15) is 5.10 Å². The van der Waals surface area contributed by atoms with Crippen LogP contribution in [0.2, 0.25) is 0 Å². The Labute approximate surface area is 151 Å². The van der Waals surface area contributed by atoms with Crippen molar-refractivity contribution in [1.29, 1.82) is 0 Å². The van der Waals surface area contributed by atoms with Crippen LogP contribution in [0, 0.1) is 20.8 Å². The highest BCUT2D eigenvalue weighted by Crippen LogP contribution is 2.28. The summed E-state index contributed by atoms with van der Waals surface area (Å²) < 4.78 is 3.10. The van der Waals surface area contributed by atoms with Crippen LogP contribution in [0.25, 0.3) is 17.1 Å². The molecule has 1 aromatic heterocycles. The van der Waals surface area contributed by atoms with Crippen molar-refractivity contribution in [2.75, 3.05) is 0 Å². The summed E-state index contributed by atoms with van der Waals surface area (Å²) in [6.45, 7) is 8.49. The van der Waals surface area contributed by atoms with Crippen molar-refractivity contribution in [3.63, 3.8) is 0 Å². The van der Waals surface area contributed by atoms with E-state index >= 15 is 0 Å². The van der Waals surface area contributed by atoms with E-state index in [2.05, 4.69) is 80.0 Å². The Kier molecular flexibility index (Phi) is 4.86. The lowest BCUT2D eigenvalue weighted by Gasteiger charge is -2.13. The summed E-state index contributed by atoms with van der Waals surface area (Å²) in [5.74, 6) is 1.81. The van der Waals surface area contributed by atoms with Gasteiger partial charge in [0.15, 0.2) is 11.6 Å². The van der Waals surface area contributed by atoms with Gasteiger partial charge in [0.05, 0.1) is 5.69 Å². The van der Waals surface area contributed by atoms with E-state index in [-0.39, 0.29) is 0 Å². The smallest absolute Gasteiger partial charge is 0.163 e. The third-order valence-electron chi connectivity index (χ3n) is 4.10. The summed E-state index contributed by atoms with van der Waals surface area (Å²) in [6, 6.07) is 12.7. The summed E-state index contributed by atoms with van der Waals surface area (Å²) in [6.07, 6.45) is 1.93. The molecule has 2 aromatic carbocycles. The van der Waals surface area contributed by atoms with Crippen molar-refractivity contribution in [1.82, 2.24) is 14.8 Å². The molecule has 0 aliphatic carbocycles. The molecule has 24 heavy (non-hydrogen) atoms. The van der Waals surface area contributed by atoms with Crippen LogP contribution in [-0.2, 0) is 6.42 Å². The molecule has 0 aliphatic heterocycles. The summed E-state index contributed by atoms with van der Waals surface area (Å²) >= 11 is 3.58. The van der Waals surface area contributed by atoms with E-state index in [1.54, 1.807) is 0 Å². The standard InChI is InChI=1S/C20H22BrN3/c1-5-6-18-22-20(16-9-7-13(2)8-10-16)24(23-18)19-14(3)11-17(21)12-15(19)4/h7-12H,5-6H2,1-4H3. The van der Waals surface area contributed by atoms with Gasteiger partial charge in [0.1, 0.15) is 0 Å². The SMILES string of the molecule is CCCc1nc(-c2ccc(C)cc2)n(-c2c(C)cc(Br)cc2C)n1. The van der Waals surface area contributed by atoms with Gasteiger partial charge in [0, 0.05) is 16.5 Å². The van der Waals surface area contributed by atoms with Crippen LogP contribution in [0.15, 0.2) is 40.9 Å². The van der Waals surface area contributed by atoms with Gasteiger partial charge in [-0.15, -0.1) is 0 Å². The minimum absolute atomic E-state index is 0.889. The zero-order chi connectivity index (χ0) is 17.3. The topological polar surface area (TPSA) is 30.7 Å². The fourth-order valence-corrected chi connectivity index (χ4v) is 3.65. The second-order valence-corrected chi connectivity index (χ2v) is 7.18. The van der Waals surface area contributed by atoms with Crippen LogP contribution in [0.5, 0.6) is 0 Å². The fraction of sp³-hybridized carbons (Fsp3) is 0.300. The van der Waals surface area contributed by atoms with Gasteiger partial charge < -0.3 is 0 Å². The highest BCUT2D eigenvalue weighted by Gasteiger charge is 2.17. The van der Waals surface area contributed by atoms with Crippen molar-refractivity contribution >= 4 is 15.9 Å². The maximum atomic E-state index is 4.82. The van der Waals surface area contributed by atoms with E-state index in [1.165, 1.54) is 16.7 Å². The molecule has 0 saturated heterocycles. The summed E-state index contributed by atoms with van der Waals surface area (Å²) in [4.78, 5) is 4.82. The van der Waals surface area contributed by atoms with Crippen LogP contribution in [0.3, 0.4) is 0 Å². The number of aryl methyl sites for hydroxylation is 4. The molecule has 0 fully saturated rings. The minimum Gasteiger partial charge on any atom is -0.212 e. The van der Waals surface area contributed by atoms with Gasteiger partial charge >= 0.3 is 0 Å². The average molecular weight is 384 g/mol. The number of hydrogen-bond donors (Lipinski definition) is 0. The van der Waals surface area contributed by atoms with E-state index in [0.717, 1.165) is 40.2 Å². The van der Waals surface area contributed by atoms with E-state index in [4.69, 9.17) is 10.1 Å². The number of nitrogens with zero attached hydrogens (tertiary/aromatic N) is 3. The predicted octanol–water partition coefficient (Wildman–Crippen LogP) is 5.57. The number of halogens is 1. The quantitative estimate of drug-likeness (QED) is 0.588. The molecule has 0 atom stereocenters. The average Bonchev–Trinajstić information content (AvgIpc) is 2.91. The maximum absolute atomic E-state index is 4.82. The van der Waals surface area contributed by atoms with E-state index in [9.17, 15) is 0 Å². The molecule has 0 radical (unpaired) electrons. The molecule has 124 valence electrons. The molecule has 0 bridgehead atoms. The molecule has 0 unspecified atom stereocenters. The van der Waals surface area contributed by atoms with Crippen LogP contribution >= 0.6 is 15.9 Å². The molecule has 0 amide bonds. The van der Waals surface area contributed by atoms with Crippen molar-refractivity contribution < 1.29 is 0 Å². The molecule has 0 saturated carbocycles. The lowest BCUT2D eigenvalue weighted by molar-refractivity contribution is 0.795. The Bertz CT molecular complexity index is 840. The fourth-order valence-electron chi connectivity index (χ4n) is 2.97. The van der Waals surface area contributed by atoms with Gasteiger partial charge in [-0.25, -0.2) is 9.67 Å². The molecule has 1 heterocycles. The zero-order valence-corrected chi connectivity index (χ0v) is 16.2. The zero-order valence-electron chi connectivity index (χ0n) is 14.6. The molecule has 0 N–H and O–H groups in total. The van der Waals surface area contributed by atoms with Crippen LogP contribution in [-0.4, -0.2) is 14.8 Å². The first-order valence-electron chi connectivity index (χ1n) is 8.29. The van der Waals surface area contributed by atoms with Crippen LogP contribution in [0.1, 0.15) is 35.9 Å². The van der Waals surface area contributed by atoms with E-state index < -0.39 is 0 Å². The number of hydrogen-bond acceptors (Lipinski definition) is 2. The van der Waals surface area contributed by atoms with Gasteiger partial charge in [0.25, 0.3) is 0 Å². The summed E-state index contributed by atoms with van der Waals surface area (Å²) in [7, 11) is 0. The number of aromatic nitrogens is 3. The highest BCUT2D eigenvalue weighted by molar-refractivity contribution is 9.10. The van der Waals surface area contributed by atoms with Crippen LogP contribution in [0.4, 0.5) is 0 Å². The molecule has 4 heteroatoms. The third kappa shape index (κ3) is 3.29. The van der Waals surface area contributed by atoms with E-state index in [0.29, 0.717) is 0 Å². The molecular weight excluding hydrogens is 362 g/mol. The van der Waals surface area contributed by atoms with E-state index in [1.807, 2.05) is 4.68 Å². The Morgan fingerprint density at radius 1 is 1.00 bits per heavy atom. The van der Waals surface area contributed by atoms with Crippen molar-refractivity contribution in [2.45, 2.75) is 40.5 Å². The van der Waals surface area contributed by atoms with Crippen molar-refractivity contribution in [2.24, 2.45) is 0 Å². The molecule has 3 aromatic rings. The normalized spacial score (nSPS) is 11.0. The second-order valence-electron chi connectivity index (χ2n) is 6.27. The number of rotatable bonds is 4. The molecule has 3 nitrogen and oxygen atoms in total. The summed E-state index contributed by atoms with van der Waals surface area (Å²) in [5.41, 5.74) is 5.82. The predicted molar refractivity (Wildman–Crippen MR) is 103 cm³/mol. The van der Waals surface area contributed by atoms with Gasteiger partial charge in [-0.3, -0.25) is 0 Å². The van der Waals surface area contributed by atoms with Crippen LogP contribution < -0.4 is 0 Å². The lowest BCUT2D eigenvalue weighted by atomic mass is 10.1. The Balaban J connectivity index is 2.22. The molecular formula is C20H22BrN3. The first-order chi connectivity index (χ1) is 11.5.